The van der Waals surface area contributed by atoms with Gasteiger partial charge in [-0.1, -0.05) is 41.5 Å². The average molecular weight is 381 g/mol. The molecule has 0 saturated carbocycles. The molecule has 0 amide bonds. The lowest BCUT2D eigenvalue weighted by Crippen LogP contribution is -2.38. The molecule has 0 aromatic heterocycles. The van der Waals surface area contributed by atoms with E-state index in [9.17, 15) is 22.6 Å². The Morgan fingerprint density at radius 1 is 0.920 bits per heavy atom. The summed E-state index contributed by atoms with van der Waals surface area (Å²) >= 11 is 0. The number of esters is 2. The molecule has 0 saturated heterocycles. The van der Waals surface area contributed by atoms with Crippen LogP contribution in [0.15, 0.2) is 0 Å². The maximum atomic E-state index is 12.1. The SMILES string of the molecule is CC(OC(=O)CCC(C(=O)OC(C)C(C)(C)C)S(=O)(=O)O)C(C)(C)C. The third kappa shape index (κ3) is 8.67. The first kappa shape index (κ1) is 23.9. The summed E-state index contributed by atoms with van der Waals surface area (Å²) in [7, 11) is -4.69. The number of ether oxygens (including phenoxy) is 2. The lowest BCUT2D eigenvalue weighted by Gasteiger charge is -2.28. The van der Waals surface area contributed by atoms with Gasteiger partial charge < -0.3 is 9.47 Å². The number of rotatable bonds is 7. The number of carbonyl (C=O) groups is 2. The van der Waals surface area contributed by atoms with Gasteiger partial charge in [-0.15, -0.1) is 0 Å². The molecule has 0 heterocycles. The van der Waals surface area contributed by atoms with E-state index in [0.29, 0.717) is 0 Å². The van der Waals surface area contributed by atoms with Crippen molar-refractivity contribution in [3.8, 4) is 0 Å². The van der Waals surface area contributed by atoms with E-state index in [2.05, 4.69) is 0 Å². The number of hydrogen-bond acceptors (Lipinski definition) is 6. The number of hydrogen-bond donors (Lipinski definition) is 1. The Labute approximate surface area is 151 Å². The van der Waals surface area contributed by atoms with Crippen molar-refractivity contribution in [1.29, 1.82) is 0 Å². The number of carbonyl (C=O) groups excluding carboxylic acids is 2. The van der Waals surface area contributed by atoms with Crippen molar-refractivity contribution < 1.29 is 32.0 Å². The molecule has 3 unspecified atom stereocenters. The standard InChI is InChI=1S/C17H32O7S/c1-11(16(3,4)5)23-14(18)10-9-13(25(20,21)22)15(19)24-12(2)17(6,7)8/h11-13H,9-10H2,1-8H3,(H,20,21,22). The molecule has 25 heavy (non-hydrogen) atoms. The molecule has 0 rings (SSSR count). The van der Waals surface area contributed by atoms with E-state index in [0.717, 1.165) is 0 Å². The van der Waals surface area contributed by atoms with Crippen molar-refractivity contribution in [3.63, 3.8) is 0 Å². The molecule has 3 atom stereocenters. The minimum Gasteiger partial charge on any atom is -0.462 e. The topological polar surface area (TPSA) is 107 Å². The van der Waals surface area contributed by atoms with Gasteiger partial charge in [0.1, 0.15) is 12.2 Å². The molecule has 148 valence electrons. The first-order valence-corrected chi connectivity index (χ1v) is 9.83. The van der Waals surface area contributed by atoms with Crippen LogP contribution in [0.4, 0.5) is 0 Å². The van der Waals surface area contributed by atoms with E-state index >= 15 is 0 Å². The van der Waals surface area contributed by atoms with Crippen LogP contribution >= 0.6 is 0 Å². The van der Waals surface area contributed by atoms with Gasteiger partial charge in [-0.25, -0.2) is 0 Å². The molecule has 7 nitrogen and oxygen atoms in total. The van der Waals surface area contributed by atoms with Gasteiger partial charge in [-0.2, -0.15) is 8.42 Å². The second kappa shape index (κ2) is 8.49. The van der Waals surface area contributed by atoms with Crippen LogP contribution in [-0.4, -0.2) is 42.4 Å². The van der Waals surface area contributed by atoms with Gasteiger partial charge in [0.2, 0.25) is 0 Å². The highest BCUT2D eigenvalue weighted by atomic mass is 32.2. The van der Waals surface area contributed by atoms with E-state index in [-0.39, 0.29) is 23.4 Å². The molecule has 0 aliphatic rings. The second-order valence-corrected chi connectivity index (χ2v) is 10.1. The molecule has 0 radical (unpaired) electrons. The Morgan fingerprint density at radius 2 is 1.32 bits per heavy atom. The third-order valence-electron chi connectivity index (χ3n) is 4.27. The fourth-order valence-electron chi connectivity index (χ4n) is 1.50. The van der Waals surface area contributed by atoms with Gasteiger partial charge in [0.05, 0.1) is 0 Å². The van der Waals surface area contributed by atoms with E-state index in [1.54, 1.807) is 13.8 Å². The van der Waals surface area contributed by atoms with Crippen LogP contribution in [0.1, 0.15) is 68.2 Å². The summed E-state index contributed by atoms with van der Waals surface area (Å²) in [5.41, 5.74) is -0.653. The second-order valence-electron chi connectivity index (χ2n) is 8.49. The highest BCUT2D eigenvalue weighted by Crippen LogP contribution is 2.24. The quantitative estimate of drug-likeness (QED) is 0.534. The summed E-state index contributed by atoms with van der Waals surface area (Å²) in [5, 5.41) is -1.81. The van der Waals surface area contributed by atoms with Crippen LogP contribution in [0.5, 0.6) is 0 Å². The first-order valence-electron chi connectivity index (χ1n) is 8.32. The molecule has 0 fully saturated rings. The summed E-state index contributed by atoms with van der Waals surface area (Å²) in [6, 6.07) is 0. The molecule has 0 spiro atoms. The highest BCUT2D eigenvalue weighted by Gasteiger charge is 2.36. The first-order chi connectivity index (χ1) is 11.0. The van der Waals surface area contributed by atoms with Crippen molar-refractivity contribution in [3.05, 3.63) is 0 Å². The monoisotopic (exact) mass is 380 g/mol. The van der Waals surface area contributed by atoms with Crippen LogP contribution in [0.2, 0.25) is 0 Å². The predicted molar refractivity (Wildman–Crippen MR) is 94.6 cm³/mol. The Hall–Kier alpha value is -1.15. The maximum absolute atomic E-state index is 12.1. The molecular formula is C17H32O7S. The minimum absolute atomic E-state index is 0.265. The van der Waals surface area contributed by atoms with E-state index < -0.39 is 39.8 Å². The predicted octanol–water partition coefficient (Wildman–Crippen LogP) is 2.98. The van der Waals surface area contributed by atoms with Crippen molar-refractivity contribution in [2.75, 3.05) is 0 Å². The summed E-state index contributed by atoms with van der Waals surface area (Å²) in [6.45, 7) is 14.6. The largest absolute Gasteiger partial charge is 0.462 e. The molecule has 0 bridgehead atoms. The van der Waals surface area contributed by atoms with Crippen molar-refractivity contribution >= 4 is 22.1 Å². The molecule has 0 aromatic rings. The fraction of sp³-hybridized carbons (Fsp3) is 0.882. The van der Waals surface area contributed by atoms with Gasteiger partial charge in [-0.3, -0.25) is 14.1 Å². The lowest BCUT2D eigenvalue weighted by atomic mass is 9.90. The molecule has 0 aliphatic heterocycles. The summed E-state index contributed by atoms with van der Waals surface area (Å²) in [6.07, 6.45) is -1.65. The smallest absolute Gasteiger partial charge is 0.327 e. The van der Waals surface area contributed by atoms with Crippen LogP contribution in [-0.2, 0) is 29.2 Å². The van der Waals surface area contributed by atoms with Gasteiger partial charge in [0.25, 0.3) is 10.1 Å². The molecule has 1 N–H and O–H groups in total. The summed E-state index contributed by atoms with van der Waals surface area (Å²) in [5.74, 6) is -1.70. The van der Waals surface area contributed by atoms with Crippen LogP contribution < -0.4 is 0 Å². The zero-order valence-electron chi connectivity index (χ0n) is 16.5. The van der Waals surface area contributed by atoms with Crippen LogP contribution in [0, 0.1) is 10.8 Å². The van der Waals surface area contributed by atoms with E-state index in [1.807, 2.05) is 41.5 Å². The van der Waals surface area contributed by atoms with Crippen molar-refractivity contribution in [2.24, 2.45) is 10.8 Å². The van der Waals surface area contributed by atoms with Gasteiger partial charge in [0.15, 0.2) is 5.25 Å². The molecule has 0 aromatic carbocycles. The Morgan fingerprint density at radius 3 is 1.68 bits per heavy atom. The summed E-state index contributed by atoms with van der Waals surface area (Å²) in [4.78, 5) is 24.0. The van der Waals surface area contributed by atoms with Crippen molar-refractivity contribution in [1.82, 2.24) is 0 Å². The average Bonchev–Trinajstić information content (AvgIpc) is 2.34. The van der Waals surface area contributed by atoms with E-state index in [1.165, 1.54) is 0 Å². The highest BCUT2D eigenvalue weighted by molar-refractivity contribution is 7.87. The molecular weight excluding hydrogens is 348 g/mol. The fourth-order valence-corrected chi connectivity index (χ4v) is 2.21. The molecule has 0 aliphatic carbocycles. The maximum Gasteiger partial charge on any atom is 0.327 e. The normalized spacial score (nSPS) is 16.7. The minimum atomic E-state index is -4.69. The van der Waals surface area contributed by atoms with Crippen molar-refractivity contribution in [2.45, 2.75) is 85.7 Å². The zero-order chi connectivity index (χ0) is 20.2. The zero-order valence-corrected chi connectivity index (χ0v) is 17.3. The lowest BCUT2D eigenvalue weighted by molar-refractivity contribution is -0.155. The summed E-state index contributed by atoms with van der Waals surface area (Å²) < 4.78 is 42.7. The Kier molecular flexibility index (Phi) is 8.10. The van der Waals surface area contributed by atoms with Gasteiger partial charge in [-0.05, 0) is 31.1 Å². The van der Waals surface area contributed by atoms with E-state index in [4.69, 9.17) is 9.47 Å². The van der Waals surface area contributed by atoms with Gasteiger partial charge >= 0.3 is 11.9 Å². The van der Waals surface area contributed by atoms with Crippen LogP contribution in [0.25, 0.3) is 0 Å². The molecule has 8 heteroatoms. The van der Waals surface area contributed by atoms with Crippen LogP contribution in [0.3, 0.4) is 0 Å². The Balaban J connectivity index is 4.93. The Bertz CT molecular complexity index is 567. The van der Waals surface area contributed by atoms with Gasteiger partial charge in [0, 0.05) is 6.42 Å². The third-order valence-corrected chi connectivity index (χ3v) is 5.42.